The number of esters is 1. The van der Waals surface area contributed by atoms with E-state index in [1.54, 1.807) is 6.21 Å². The molecule has 0 saturated carbocycles. The first kappa shape index (κ1) is 19.9. The van der Waals surface area contributed by atoms with Crippen molar-refractivity contribution < 1.29 is 14.3 Å². The molecular weight excluding hydrogens is 352 g/mol. The third-order valence-corrected chi connectivity index (χ3v) is 4.69. The van der Waals surface area contributed by atoms with Crippen LogP contribution in [0.2, 0.25) is 0 Å². The topological polar surface area (TPSA) is 83.4 Å². The summed E-state index contributed by atoms with van der Waals surface area (Å²) in [6.45, 7) is 7.05. The van der Waals surface area contributed by atoms with Crippen molar-refractivity contribution in [1.29, 1.82) is 0 Å². The van der Waals surface area contributed by atoms with E-state index in [9.17, 15) is 9.59 Å². The van der Waals surface area contributed by atoms with Gasteiger partial charge in [-0.3, -0.25) is 15.0 Å². The highest BCUT2D eigenvalue weighted by molar-refractivity contribution is 8.18. The van der Waals surface area contributed by atoms with Gasteiger partial charge in [0.1, 0.15) is 0 Å². The fourth-order valence-electron chi connectivity index (χ4n) is 2.28. The van der Waals surface area contributed by atoms with Gasteiger partial charge in [0.05, 0.1) is 18.2 Å². The zero-order valence-electron chi connectivity index (χ0n) is 15.1. The number of nitrogens with zero attached hydrogens (tertiary/aromatic N) is 3. The molecular formula is C18H22N4O3S. The molecule has 7 nitrogen and oxygen atoms in total. The minimum atomic E-state index is -0.585. The molecule has 138 valence electrons. The van der Waals surface area contributed by atoms with Gasteiger partial charge in [-0.25, -0.2) is 4.79 Å². The van der Waals surface area contributed by atoms with E-state index in [2.05, 4.69) is 45.1 Å². The van der Waals surface area contributed by atoms with Gasteiger partial charge in [0.25, 0.3) is 5.91 Å². The molecule has 0 radical (unpaired) electrons. The van der Waals surface area contributed by atoms with E-state index in [0.29, 0.717) is 5.17 Å². The molecule has 1 aromatic rings. The van der Waals surface area contributed by atoms with Crippen LogP contribution in [0.4, 0.5) is 0 Å². The van der Waals surface area contributed by atoms with Crippen LogP contribution in [0, 0.1) is 0 Å². The molecule has 8 heteroatoms. The average molecular weight is 374 g/mol. The maximum absolute atomic E-state index is 11.8. The number of nitrogens with one attached hydrogen (secondary N) is 1. The van der Waals surface area contributed by atoms with Gasteiger partial charge in [0, 0.05) is 12.6 Å². The fourth-order valence-corrected chi connectivity index (χ4v) is 3.02. The molecule has 0 atom stereocenters. The second kappa shape index (κ2) is 9.88. The first-order valence-corrected chi connectivity index (χ1v) is 9.09. The van der Waals surface area contributed by atoms with Gasteiger partial charge in [0.15, 0.2) is 5.17 Å². The van der Waals surface area contributed by atoms with Crippen LogP contribution in [-0.2, 0) is 20.9 Å². The SMILES string of the molecule is CCN(CC)Cc1ccccc1C=N/N=C1/NC(=O)/C(=C\C(=O)OC)S1. The van der Waals surface area contributed by atoms with Crippen LogP contribution in [0.25, 0.3) is 0 Å². The number of methoxy groups -OCH3 is 1. The minimum absolute atomic E-state index is 0.229. The standard InChI is InChI=1S/C18H22N4O3S/c1-4-22(5-2)12-14-9-7-6-8-13(14)11-19-21-18-20-17(24)15(26-18)10-16(23)25-3/h6-11H,4-5,12H2,1-3H3,(H,20,21,24)/b15-10+,19-11?. The highest BCUT2D eigenvalue weighted by Crippen LogP contribution is 2.23. The molecule has 1 saturated heterocycles. The quantitative estimate of drug-likeness (QED) is 0.342. The number of hydrogen-bond donors (Lipinski definition) is 1. The molecule has 2 rings (SSSR count). The Morgan fingerprint density at radius 2 is 2.04 bits per heavy atom. The molecule has 1 amide bonds. The van der Waals surface area contributed by atoms with Crippen molar-refractivity contribution >= 4 is 35.0 Å². The third kappa shape index (κ3) is 5.53. The number of amidine groups is 1. The van der Waals surface area contributed by atoms with Crippen molar-refractivity contribution in [3.8, 4) is 0 Å². The van der Waals surface area contributed by atoms with Crippen molar-refractivity contribution in [2.45, 2.75) is 20.4 Å². The molecule has 0 aromatic heterocycles. The average Bonchev–Trinajstić information content (AvgIpc) is 2.99. The van der Waals surface area contributed by atoms with E-state index < -0.39 is 11.9 Å². The zero-order chi connectivity index (χ0) is 18.9. The van der Waals surface area contributed by atoms with Gasteiger partial charge < -0.3 is 4.74 Å². The lowest BCUT2D eigenvalue weighted by molar-refractivity contribution is -0.135. The lowest BCUT2D eigenvalue weighted by Gasteiger charge is -2.19. The van der Waals surface area contributed by atoms with Crippen LogP contribution in [0.3, 0.4) is 0 Å². The van der Waals surface area contributed by atoms with Gasteiger partial charge in [-0.15, -0.1) is 5.10 Å². The summed E-state index contributed by atoms with van der Waals surface area (Å²) in [4.78, 5) is 25.5. The summed E-state index contributed by atoms with van der Waals surface area (Å²) in [5.74, 6) is -0.978. The summed E-state index contributed by atoms with van der Waals surface area (Å²) in [5, 5.41) is 11.0. The highest BCUT2D eigenvalue weighted by atomic mass is 32.2. The molecule has 0 bridgehead atoms. The Labute approximate surface area is 157 Å². The van der Waals surface area contributed by atoms with Crippen molar-refractivity contribution in [1.82, 2.24) is 10.2 Å². The van der Waals surface area contributed by atoms with Crippen LogP contribution in [0.1, 0.15) is 25.0 Å². The predicted octanol–water partition coefficient (Wildman–Crippen LogP) is 2.14. The van der Waals surface area contributed by atoms with Crippen LogP contribution in [-0.4, -0.2) is 48.4 Å². The van der Waals surface area contributed by atoms with E-state index in [1.807, 2.05) is 18.2 Å². The van der Waals surface area contributed by atoms with Gasteiger partial charge in [-0.2, -0.15) is 5.10 Å². The van der Waals surface area contributed by atoms with Crippen molar-refractivity contribution in [2.75, 3.05) is 20.2 Å². The van der Waals surface area contributed by atoms with Gasteiger partial charge in [-0.1, -0.05) is 38.1 Å². The summed E-state index contributed by atoms with van der Waals surface area (Å²) in [5.41, 5.74) is 2.14. The summed E-state index contributed by atoms with van der Waals surface area (Å²) < 4.78 is 4.52. The highest BCUT2D eigenvalue weighted by Gasteiger charge is 2.25. The van der Waals surface area contributed by atoms with E-state index in [1.165, 1.54) is 7.11 Å². The summed E-state index contributed by atoms with van der Waals surface area (Å²) in [6.07, 6.45) is 2.80. The number of ether oxygens (including phenoxy) is 1. The van der Waals surface area contributed by atoms with Crippen LogP contribution in [0.15, 0.2) is 45.4 Å². The summed E-state index contributed by atoms with van der Waals surface area (Å²) in [6, 6.07) is 7.99. The number of rotatable bonds is 7. The van der Waals surface area contributed by atoms with Crippen molar-refractivity contribution in [2.24, 2.45) is 10.2 Å². The van der Waals surface area contributed by atoms with Crippen LogP contribution < -0.4 is 5.32 Å². The Morgan fingerprint density at radius 3 is 2.73 bits per heavy atom. The molecule has 1 fully saturated rings. The lowest BCUT2D eigenvalue weighted by atomic mass is 10.1. The fraction of sp³-hybridized carbons (Fsp3) is 0.333. The maximum Gasteiger partial charge on any atom is 0.331 e. The second-order valence-electron chi connectivity index (χ2n) is 5.40. The Balaban J connectivity index is 2.09. The molecule has 1 aromatic carbocycles. The molecule has 0 aliphatic carbocycles. The van der Waals surface area contributed by atoms with Gasteiger partial charge in [-0.05, 0) is 36.0 Å². The Bertz CT molecular complexity index is 755. The lowest BCUT2D eigenvalue weighted by Crippen LogP contribution is -2.22. The number of amides is 1. The zero-order valence-corrected chi connectivity index (χ0v) is 15.9. The summed E-state index contributed by atoms with van der Waals surface area (Å²) >= 11 is 1.05. The molecule has 0 spiro atoms. The summed E-state index contributed by atoms with van der Waals surface area (Å²) in [7, 11) is 1.26. The molecule has 1 aliphatic rings. The monoisotopic (exact) mass is 374 g/mol. The van der Waals surface area contributed by atoms with Crippen LogP contribution >= 0.6 is 11.8 Å². The Morgan fingerprint density at radius 1 is 1.31 bits per heavy atom. The largest absolute Gasteiger partial charge is 0.466 e. The number of thioether (sulfide) groups is 1. The van der Waals surface area contributed by atoms with Crippen molar-refractivity contribution in [3.63, 3.8) is 0 Å². The Kier molecular flexibility index (Phi) is 7.55. The Hall–Kier alpha value is -2.45. The predicted molar refractivity (Wildman–Crippen MR) is 104 cm³/mol. The third-order valence-electron chi connectivity index (χ3n) is 3.79. The van der Waals surface area contributed by atoms with E-state index in [4.69, 9.17) is 0 Å². The molecule has 0 unspecified atom stereocenters. The smallest absolute Gasteiger partial charge is 0.331 e. The second-order valence-corrected chi connectivity index (χ2v) is 6.43. The normalized spacial score (nSPS) is 17.5. The van der Waals surface area contributed by atoms with Gasteiger partial charge >= 0.3 is 5.97 Å². The van der Waals surface area contributed by atoms with E-state index in [0.717, 1.165) is 48.6 Å². The first-order chi connectivity index (χ1) is 12.6. The first-order valence-electron chi connectivity index (χ1n) is 8.27. The number of carbonyl (C=O) groups is 2. The number of benzene rings is 1. The maximum atomic E-state index is 11.8. The molecule has 26 heavy (non-hydrogen) atoms. The van der Waals surface area contributed by atoms with E-state index >= 15 is 0 Å². The molecule has 1 heterocycles. The molecule has 1 N–H and O–H groups in total. The van der Waals surface area contributed by atoms with Gasteiger partial charge in [0.2, 0.25) is 0 Å². The minimum Gasteiger partial charge on any atom is -0.466 e. The molecule has 1 aliphatic heterocycles. The number of hydrogen-bond acceptors (Lipinski definition) is 7. The van der Waals surface area contributed by atoms with E-state index in [-0.39, 0.29) is 4.91 Å². The number of carbonyl (C=O) groups excluding carboxylic acids is 2. The van der Waals surface area contributed by atoms with Crippen molar-refractivity contribution in [3.05, 3.63) is 46.4 Å². The van der Waals surface area contributed by atoms with Crippen LogP contribution in [0.5, 0.6) is 0 Å².